The van der Waals surface area contributed by atoms with E-state index in [-0.39, 0.29) is 11.8 Å². The number of alkyl halides is 3. The number of amidine groups is 1. The highest BCUT2D eigenvalue weighted by Crippen LogP contribution is 2.29. The zero-order chi connectivity index (χ0) is 15.5. The molecule has 21 heavy (non-hydrogen) atoms. The van der Waals surface area contributed by atoms with Crippen LogP contribution < -0.4 is 5.73 Å². The second-order valence-corrected chi connectivity index (χ2v) is 5.29. The highest BCUT2D eigenvalue weighted by atomic mass is 19.4. The van der Waals surface area contributed by atoms with Gasteiger partial charge in [0.05, 0.1) is 5.56 Å². The summed E-state index contributed by atoms with van der Waals surface area (Å²) >= 11 is 0. The molecule has 1 aliphatic heterocycles. The molecule has 1 fully saturated rings. The Kier molecular flexibility index (Phi) is 4.72. The number of benzene rings is 1. The molecule has 1 aromatic carbocycles. The predicted molar refractivity (Wildman–Crippen MR) is 72.9 cm³/mol. The van der Waals surface area contributed by atoms with Gasteiger partial charge < -0.3 is 10.9 Å². The third-order valence-electron chi connectivity index (χ3n) is 3.73. The highest BCUT2D eigenvalue weighted by Gasteiger charge is 2.30. The Labute approximate surface area is 121 Å². The van der Waals surface area contributed by atoms with E-state index < -0.39 is 11.7 Å². The van der Waals surface area contributed by atoms with Crippen LogP contribution in [0.4, 0.5) is 13.2 Å². The molecule has 1 aromatic rings. The molecule has 0 radical (unpaired) electrons. The van der Waals surface area contributed by atoms with E-state index in [4.69, 9.17) is 10.9 Å². The summed E-state index contributed by atoms with van der Waals surface area (Å²) in [6.07, 6.45) is -2.53. The lowest BCUT2D eigenvalue weighted by Crippen LogP contribution is -2.40. The van der Waals surface area contributed by atoms with Gasteiger partial charge in [-0.25, -0.2) is 0 Å². The zero-order valence-corrected chi connectivity index (χ0v) is 11.5. The highest BCUT2D eigenvalue weighted by molar-refractivity contribution is 5.82. The molecule has 1 heterocycles. The molecule has 1 atom stereocenters. The van der Waals surface area contributed by atoms with E-state index in [0.29, 0.717) is 13.1 Å². The number of hydrogen-bond donors (Lipinski definition) is 2. The minimum Gasteiger partial charge on any atom is -0.409 e. The molecule has 0 spiro atoms. The normalized spacial score (nSPS) is 21.5. The first-order chi connectivity index (χ1) is 9.90. The summed E-state index contributed by atoms with van der Waals surface area (Å²) < 4.78 is 37.5. The average molecular weight is 301 g/mol. The Hall–Kier alpha value is -1.76. The summed E-state index contributed by atoms with van der Waals surface area (Å²) in [6, 6.07) is 5.19. The number of piperidine rings is 1. The van der Waals surface area contributed by atoms with Crippen molar-refractivity contribution in [2.24, 2.45) is 16.8 Å². The molecule has 1 saturated heterocycles. The number of rotatable bonds is 3. The van der Waals surface area contributed by atoms with Gasteiger partial charge in [0.15, 0.2) is 0 Å². The van der Waals surface area contributed by atoms with E-state index in [1.807, 2.05) is 0 Å². The Morgan fingerprint density at radius 1 is 1.33 bits per heavy atom. The fraction of sp³-hybridized carbons (Fsp3) is 0.500. The van der Waals surface area contributed by atoms with Crippen LogP contribution in [-0.2, 0) is 12.7 Å². The quantitative estimate of drug-likeness (QED) is 0.390. The summed E-state index contributed by atoms with van der Waals surface area (Å²) in [4.78, 5) is 2.11. The van der Waals surface area contributed by atoms with Crippen LogP contribution in [0.3, 0.4) is 0 Å². The van der Waals surface area contributed by atoms with Crippen LogP contribution in [0.1, 0.15) is 24.0 Å². The van der Waals surface area contributed by atoms with Crippen molar-refractivity contribution in [2.75, 3.05) is 13.1 Å². The lowest BCUT2D eigenvalue weighted by atomic mass is 9.96. The van der Waals surface area contributed by atoms with E-state index in [1.54, 1.807) is 0 Å². The van der Waals surface area contributed by atoms with Gasteiger partial charge in [0, 0.05) is 19.0 Å². The summed E-state index contributed by atoms with van der Waals surface area (Å²) in [5.74, 6) is 0.213. The van der Waals surface area contributed by atoms with Crippen LogP contribution in [0.5, 0.6) is 0 Å². The van der Waals surface area contributed by atoms with E-state index in [2.05, 4.69) is 10.1 Å². The minimum absolute atomic E-state index is 0.00167. The molecular weight excluding hydrogens is 283 g/mol. The number of halogens is 3. The molecule has 0 aliphatic carbocycles. The van der Waals surface area contributed by atoms with Gasteiger partial charge in [-0.15, -0.1) is 0 Å². The number of likely N-dealkylation sites (tertiary alicyclic amines) is 1. The van der Waals surface area contributed by atoms with Crippen LogP contribution in [-0.4, -0.2) is 29.0 Å². The standard InChI is InChI=1S/C14H18F3N3O/c15-14(16,17)12-5-3-10(4-6-12)8-20-7-1-2-11(9-20)13(18)19-21/h3-6,11,21H,1-2,7-9H2,(H2,18,19). The van der Waals surface area contributed by atoms with Gasteiger partial charge in [-0.3, -0.25) is 4.90 Å². The Morgan fingerprint density at radius 2 is 2.00 bits per heavy atom. The second-order valence-electron chi connectivity index (χ2n) is 5.29. The van der Waals surface area contributed by atoms with Crippen molar-refractivity contribution in [3.8, 4) is 0 Å². The van der Waals surface area contributed by atoms with Crippen LogP contribution in [0.15, 0.2) is 29.4 Å². The van der Waals surface area contributed by atoms with Gasteiger partial charge in [0.2, 0.25) is 0 Å². The first-order valence-electron chi connectivity index (χ1n) is 6.76. The number of oxime groups is 1. The largest absolute Gasteiger partial charge is 0.416 e. The zero-order valence-electron chi connectivity index (χ0n) is 11.5. The van der Waals surface area contributed by atoms with Gasteiger partial charge in [-0.1, -0.05) is 17.3 Å². The van der Waals surface area contributed by atoms with E-state index in [0.717, 1.165) is 37.1 Å². The van der Waals surface area contributed by atoms with Crippen molar-refractivity contribution in [3.05, 3.63) is 35.4 Å². The van der Waals surface area contributed by atoms with Gasteiger partial charge in [0.25, 0.3) is 0 Å². The predicted octanol–water partition coefficient (Wildman–Crippen LogP) is 2.66. The summed E-state index contributed by atoms with van der Waals surface area (Å²) in [6.45, 7) is 2.07. The molecular formula is C14H18F3N3O. The van der Waals surface area contributed by atoms with E-state index >= 15 is 0 Å². The van der Waals surface area contributed by atoms with Crippen LogP contribution in [0.25, 0.3) is 0 Å². The molecule has 0 amide bonds. The lowest BCUT2D eigenvalue weighted by Gasteiger charge is -2.32. The molecule has 1 unspecified atom stereocenters. The van der Waals surface area contributed by atoms with Crippen molar-refractivity contribution >= 4 is 5.84 Å². The van der Waals surface area contributed by atoms with Gasteiger partial charge in [-0.05, 0) is 37.1 Å². The molecule has 0 aromatic heterocycles. The average Bonchev–Trinajstić information content (AvgIpc) is 2.46. The molecule has 0 bridgehead atoms. The first kappa shape index (κ1) is 15.6. The fourth-order valence-corrected chi connectivity index (χ4v) is 2.58. The first-order valence-corrected chi connectivity index (χ1v) is 6.76. The third-order valence-corrected chi connectivity index (χ3v) is 3.73. The van der Waals surface area contributed by atoms with Crippen molar-refractivity contribution < 1.29 is 18.4 Å². The van der Waals surface area contributed by atoms with Crippen molar-refractivity contribution in [1.29, 1.82) is 0 Å². The Balaban J connectivity index is 1.98. The lowest BCUT2D eigenvalue weighted by molar-refractivity contribution is -0.137. The monoisotopic (exact) mass is 301 g/mol. The van der Waals surface area contributed by atoms with Crippen molar-refractivity contribution in [2.45, 2.75) is 25.6 Å². The fourth-order valence-electron chi connectivity index (χ4n) is 2.58. The van der Waals surface area contributed by atoms with E-state index in [1.165, 1.54) is 12.1 Å². The molecule has 116 valence electrons. The summed E-state index contributed by atoms with van der Waals surface area (Å²) in [5.41, 5.74) is 5.80. The SMILES string of the molecule is NC(=NO)C1CCCN(Cc2ccc(C(F)(F)F)cc2)C1. The molecule has 2 rings (SSSR count). The molecule has 1 aliphatic rings. The maximum absolute atomic E-state index is 12.5. The minimum atomic E-state index is -4.30. The maximum Gasteiger partial charge on any atom is 0.416 e. The molecule has 7 heteroatoms. The number of hydrogen-bond acceptors (Lipinski definition) is 3. The van der Waals surface area contributed by atoms with Crippen LogP contribution >= 0.6 is 0 Å². The molecule has 4 nitrogen and oxygen atoms in total. The Bertz CT molecular complexity index is 499. The maximum atomic E-state index is 12.5. The van der Waals surface area contributed by atoms with Gasteiger partial charge in [-0.2, -0.15) is 13.2 Å². The van der Waals surface area contributed by atoms with Gasteiger partial charge >= 0.3 is 6.18 Å². The summed E-state index contributed by atoms with van der Waals surface area (Å²) in [5, 5.41) is 11.7. The smallest absolute Gasteiger partial charge is 0.409 e. The van der Waals surface area contributed by atoms with Gasteiger partial charge in [0.1, 0.15) is 5.84 Å². The van der Waals surface area contributed by atoms with Crippen LogP contribution in [0.2, 0.25) is 0 Å². The summed E-state index contributed by atoms with van der Waals surface area (Å²) in [7, 11) is 0. The van der Waals surface area contributed by atoms with Crippen LogP contribution in [0, 0.1) is 5.92 Å². The topological polar surface area (TPSA) is 61.9 Å². The number of nitrogens with two attached hydrogens (primary N) is 1. The third kappa shape index (κ3) is 4.10. The molecule has 0 saturated carbocycles. The van der Waals surface area contributed by atoms with E-state index in [9.17, 15) is 13.2 Å². The van der Waals surface area contributed by atoms with Crippen molar-refractivity contribution in [1.82, 2.24) is 4.90 Å². The number of nitrogens with zero attached hydrogens (tertiary/aromatic N) is 2. The van der Waals surface area contributed by atoms with Crippen molar-refractivity contribution in [3.63, 3.8) is 0 Å². The second kappa shape index (κ2) is 6.34. The Morgan fingerprint density at radius 3 is 2.57 bits per heavy atom. The molecule has 3 N–H and O–H groups in total.